The number of rotatable bonds is 6. The minimum atomic E-state index is -3.53. The van der Waals surface area contributed by atoms with Gasteiger partial charge >= 0.3 is 0 Å². The standard InChI is InChI=1S/C17H25N3O2S.2ClH/c1-13(10-19-12-17(2,3)4)20-23(21,22)16-6-5-15-11-18-8-7-14(15)9-16;;/h5-9,11,13,19-20H,10,12H2,1-4H3;2*1H. The van der Waals surface area contributed by atoms with Crippen LogP contribution < -0.4 is 10.0 Å². The maximum atomic E-state index is 12.5. The third kappa shape index (κ3) is 7.46. The Balaban J connectivity index is 0.00000288. The summed E-state index contributed by atoms with van der Waals surface area (Å²) in [4.78, 5) is 4.31. The number of pyridine rings is 1. The topological polar surface area (TPSA) is 71.1 Å². The highest BCUT2D eigenvalue weighted by Gasteiger charge is 2.18. The van der Waals surface area contributed by atoms with Gasteiger partial charge in [-0.2, -0.15) is 0 Å². The van der Waals surface area contributed by atoms with Crippen LogP contribution in [0.5, 0.6) is 0 Å². The van der Waals surface area contributed by atoms with Crippen molar-refractivity contribution in [1.29, 1.82) is 0 Å². The van der Waals surface area contributed by atoms with Crippen molar-refractivity contribution in [3.05, 3.63) is 36.7 Å². The Morgan fingerprint density at radius 3 is 2.44 bits per heavy atom. The fourth-order valence-corrected chi connectivity index (χ4v) is 3.55. The van der Waals surface area contributed by atoms with Gasteiger partial charge in [-0.15, -0.1) is 24.8 Å². The van der Waals surface area contributed by atoms with Crippen LogP contribution in [0.1, 0.15) is 27.7 Å². The molecule has 1 aromatic heterocycles. The highest BCUT2D eigenvalue weighted by Crippen LogP contribution is 2.18. The predicted molar refractivity (Wildman–Crippen MR) is 108 cm³/mol. The van der Waals surface area contributed by atoms with Crippen LogP contribution in [0.3, 0.4) is 0 Å². The number of aromatic nitrogens is 1. The predicted octanol–water partition coefficient (Wildman–Crippen LogP) is 3.38. The van der Waals surface area contributed by atoms with Gasteiger partial charge in [0.15, 0.2) is 0 Å². The van der Waals surface area contributed by atoms with Crippen molar-refractivity contribution in [3.8, 4) is 0 Å². The zero-order valence-corrected chi connectivity index (χ0v) is 17.4. The Hall–Kier alpha value is -0.920. The van der Waals surface area contributed by atoms with Crippen molar-refractivity contribution >= 4 is 45.6 Å². The monoisotopic (exact) mass is 407 g/mol. The maximum absolute atomic E-state index is 12.5. The molecule has 0 amide bonds. The first kappa shape index (κ1) is 24.1. The molecule has 0 aliphatic carbocycles. The van der Waals surface area contributed by atoms with Crippen molar-refractivity contribution in [3.63, 3.8) is 0 Å². The van der Waals surface area contributed by atoms with Gasteiger partial charge in [-0.1, -0.05) is 26.8 Å². The van der Waals surface area contributed by atoms with E-state index in [1.54, 1.807) is 30.6 Å². The normalized spacial score (nSPS) is 13.0. The summed E-state index contributed by atoms with van der Waals surface area (Å²) in [5.41, 5.74) is 0.172. The van der Waals surface area contributed by atoms with E-state index in [-0.39, 0.29) is 41.2 Å². The summed E-state index contributed by atoms with van der Waals surface area (Å²) < 4.78 is 27.7. The molecule has 1 aromatic carbocycles. The molecule has 0 fully saturated rings. The number of sulfonamides is 1. The van der Waals surface area contributed by atoms with Crippen LogP contribution in [0.4, 0.5) is 0 Å². The van der Waals surface area contributed by atoms with E-state index in [2.05, 4.69) is 35.8 Å². The lowest BCUT2D eigenvalue weighted by molar-refractivity contribution is 0.372. The molecule has 2 rings (SSSR count). The minimum Gasteiger partial charge on any atom is -0.315 e. The Morgan fingerprint density at radius 1 is 1.12 bits per heavy atom. The summed E-state index contributed by atoms with van der Waals surface area (Å²) >= 11 is 0. The number of hydrogen-bond acceptors (Lipinski definition) is 4. The second-order valence-corrected chi connectivity index (χ2v) is 8.81. The molecule has 0 radical (unpaired) electrons. The number of nitrogens with one attached hydrogen (secondary N) is 2. The lowest BCUT2D eigenvalue weighted by Crippen LogP contribution is -2.41. The fourth-order valence-electron chi connectivity index (χ4n) is 2.27. The molecule has 0 saturated heterocycles. The van der Waals surface area contributed by atoms with Crippen LogP contribution in [0.2, 0.25) is 0 Å². The van der Waals surface area contributed by atoms with E-state index in [0.717, 1.165) is 17.3 Å². The summed E-state index contributed by atoms with van der Waals surface area (Å²) in [7, 11) is -3.53. The second kappa shape index (κ2) is 9.69. The average Bonchev–Trinajstić information content (AvgIpc) is 2.44. The van der Waals surface area contributed by atoms with E-state index in [1.165, 1.54) is 0 Å². The van der Waals surface area contributed by atoms with Gasteiger partial charge in [-0.25, -0.2) is 13.1 Å². The summed E-state index contributed by atoms with van der Waals surface area (Å²) in [5, 5.41) is 5.08. The zero-order valence-electron chi connectivity index (χ0n) is 14.9. The first-order chi connectivity index (χ1) is 10.7. The number of benzene rings is 1. The third-order valence-corrected chi connectivity index (χ3v) is 4.97. The fraction of sp³-hybridized carbons (Fsp3) is 0.471. The van der Waals surface area contributed by atoms with Gasteiger partial charge in [-0.3, -0.25) is 4.98 Å². The molecule has 0 bridgehead atoms. The van der Waals surface area contributed by atoms with E-state index in [9.17, 15) is 8.42 Å². The molecule has 142 valence electrons. The zero-order chi connectivity index (χ0) is 17.1. The lowest BCUT2D eigenvalue weighted by atomic mass is 9.97. The van der Waals surface area contributed by atoms with E-state index >= 15 is 0 Å². The second-order valence-electron chi connectivity index (χ2n) is 7.10. The molecule has 2 aromatic rings. The van der Waals surface area contributed by atoms with E-state index in [4.69, 9.17) is 0 Å². The average molecular weight is 408 g/mol. The van der Waals surface area contributed by atoms with Crippen LogP contribution >= 0.6 is 24.8 Å². The largest absolute Gasteiger partial charge is 0.315 e. The van der Waals surface area contributed by atoms with Crippen molar-refractivity contribution in [1.82, 2.24) is 15.0 Å². The molecule has 5 nitrogen and oxygen atoms in total. The lowest BCUT2D eigenvalue weighted by Gasteiger charge is -2.21. The van der Waals surface area contributed by atoms with Crippen LogP contribution in [-0.2, 0) is 10.0 Å². The molecule has 0 spiro atoms. The quantitative estimate of drug-likeness (QED) is 0.769. The molecule has 0 aliphatic rings. The highest BCUT2D eigenvalue weighted by molar-refractivity contribution is 7.89. The molecule has 2 N–H and O–H groups in total. The first-order valence-electron chi connectivity index (χ1n) is 7.74. The van der Waals surface area contributed by atoms with E-state index in [0.29, 0.717) is 6.54 Å². The first-order valence-corrected chi connectivity index (χ1v) is 9.22. The summed E-state index contributed by atoms with van der Waals surface area (Å²) in [5.74, 6) is 0. The molecule has 1 atom stereocenters. The number of halogens is 2. The maximum Gasteiger partial charge on any atom is 0.240 e. The Kier molecular flexibility index (Phi) is 9.33. The van der Waals surface area contributed by atoms with Gasteiger partial charge in [0.1, 0.15) is 0 Å². The molecule has 8 heteroatoms. The molecule has 1 heterocycles. The van der Waals surface area contributed by atoms with Crippen molar-refractivity contribution in [2.45, 2.75) is 38.6 Å². The third-order valence-electron chi connectivity index (χ3n) is 3.38. The molecule has 0 aliphatic heterocycles. The van der Waals surface area contributed by atoms with Gasteiger partial charge in [-0.05, 0) is 35.9 Å². The Labute approximate surface area is 162 Å². The van der Waals surface area contributed by atoms with Gasteiger partial charge in [0.05, 0.1) is 4.90 Å². The smallest absolute Gasteiger partial charge is 0.240 e. The molecule has 0 saturated carbocycles. The summed E-state index contributed by atoms with van der Waals surface area (Å²) in [6, 6.07) is 6.69. The van der Waals surface area contributed by atoms with E-state index in [1.807, 2.05) is 13.0 Å². The number of nitrogens with zero attached hydrogens (tertiary/aromatic N) is 1. The van der Waals surface area contributed by atoms with Crippen LogP contribution in [-0.4, -0.2) is 32.5 Å². The van der Waals surface area contributed by atoms with Crippen molar-refractivity contribution in [2.75, 3.05) is 13.1 Å². The van der Waals surface area contributed by atoms with Crippen LogP contribution in [0.25, 0.3) is 10.8 Å². The SMILES string of the molecule is CC(CNCC(C)(C)C)NS(=O)(=O)c1ccc2cnccc2c1.Cl.Cl. The van der Waals surface area contributed by atoms with Crippen molar-refractivity contribution in [2.24, 2.45) is 5.41 Å². The van der Waals surface area contributed by atoms with Crippen molar-refractivity contribution < 1.29 is 8.42 Å². The molecule has 25 heavy (non-hydrogen) atoms. The number of fused-ring (bicyclic) bond motifs is 1. The molecular formula is C17H27Cl2N3O2S. The number of hydrogen-bond donors (Lipinski definition) is 2. The summed E-state index contributed by atoms with van der Waals surface area (Å²) in [6.45, 7) is 9.70. The van der Waals surface area contributed by atoms with Crippen LogP contribution in [0, 0.1) is 5.41 Å². The Bertz CT molecular complexity index is 777. The molecule has 1 unspecified atom stereocenters. The van der Waals surface area contributed by atoms with Gasteiger partial charge in [0.25, 0.3) is 0 Å². The summed E-state index contributed by atoms with van der Waals surface area (Å²) in [6.07, 6.45) is 3.38. The highest BCUT2D eigenvalue weighted by atomic mass is 35.5. The van der Waals surface area contributed by atoms with E-state index < -0.39 is 10.0 Å². The van der Waals surface area contributed by atoms with Gasteiger partial charge in [0.2, 0.25) is 10.0 Å². The minimum absolute atomic E-state index is 0. The van der Waals surface area contributed by atoms with Gasteiger partial charge < -0.3 is 5.32 Å². The molecular weight excluding hydrogens is 381 g/mol. The van der Waals surface area contributed by atoms with Crippen LogP contribution in [0.15, 0.2) is 41.6 Å². The Morgan fingerprint density at radius 2 is 1.80 bits per heavy atom. The van der Waals surface area contributed by atoms with Gasteiger partial charge in [0, 0.05) is 36.9 Å².